The molecule has 2 aromatic carbocycles. The van der Waals surface area contributed by atoms with Gasteiger partial charge in [-0.15, -0.1) is 0 Å². The minimum Gasteiger partial charge on any atom is -0.348 e. The van der Waals surface area contributed by atoms with Crippen molar-refractivity contribution in [3.8, 4) is 0 Å². The maximum Gasteiger partial charge on any atom is 0.251 e. The highest BCUT2D eigenvalue weighted by atomic mass is 35.5. The molecule has 2 aromatic rings. The van der Waals surface area contributed by atoms with E-state index < -0.39 is 0 Å². The van der Waals surface area contributed by atoms with Gasteiger partial charge in [0.15, 0.2) is 0 Å². The third-order valence-corrected chi connectivity index (χ3v) is 3.06. The number of carbonyl (C=O) groups is 1. The lowest BCUT2D eigenvalue weighted by Crippen LogP contribution is -2.22. The Kier molecular flexibility index (Phi) is 5.31. The first-order valence-corrected chi connectivity index (χ1v) is 6.61. The van der Waals surface area contributed by atoms with Gasteiger partial charge in [0.25, 0.3) is 5.91 Å². The molecule has 0 saturated carbocycles. The van der Waals surface area contributed by atoms with E-state index in [1.165, 1.54) is 6.21 Å². The van der Waals surface area contributed by atoms with E-state index in [1.54, 1.807) is 29.9 Å². The second kappa shape index (κ2) is 7.42. The van der Waals surface area contributed by atoms with Crippen LogP contribution in [0.1, 0.15) is 21.5 Å². The highest BCUT2D eigenvalue weighted by molar-refractivity contribution is 6.30. The molecule has 0 aromatic heterocycles. The van der Waals surface area contributed by atoms with Crippen molar-refractivity contribution in [3.05, 3.63) is 70.2 Å². The Morgan fingerprint density at radius 2 is 1.81 bits per heavy atom. The number of benzene rings is 2. The summed E-state index contributed by atoms with van der Waals surface area (Å²) in [6.45, 7) is 0.428. The zero-order valence-electron chi connectivity index (χ0n) is 11.1. The summed E-state index contributed by atoms with van der Waals surface area (Å²) in [5, 5.41) is 15.3. The van der Waals surface area contributed by atoms with E-state index in [0.717, 1.165) is 11.1 Å². The number of nitrogens with zero attached hydrogens (tertiary/aromatic N) is 1. The Hall–Kier alpha value is -2.37. The molecule has 1 amide bonds. The number of halogens is 1. The number of amides is 1. The quantitative estimate of drug-likeness (QED) is 0.587. The molecule has 6 heteroatoms. The molecule has 0 aliphatic heterocycles. The van der Waals surface area contributed by atoms with Gasteiger partial charge in [0.1, 0.15) is 0 Å². The topological polar surface area (TPSA) is 73.7 Å². The fourth-order valence-electron chi connectivity index (χ4n) is 1.71. The zero-order chi connectivity index (χ0) is 15.1. The van der Waals surface area contributed by atoms with E-state index in [2.05, 4.69) is 10.4 Å². The molecule has 21 heavy (non-hydrogen) atoms. The van der Waals surface area contributed by atoms with Crippen LogP contribution in [0.15, 0.2) is 53.6 Å². The van der Waals surface area contributed by atoms with Gasteiger partial charge in [-0.1, -0.05) is 35.9 Å². The summed E-state index contributed by atoms with van der Waals surface area (Å²) in [6, 6.07) is 14.1. The normalized spacial score (nSPS) is 10.6. The fourth-order valence-corrected chi connectivity index (χ4v) is 1.84. The molecule has 0 fully saturated rings. The molecule has 2 rings (SSSR count). The van der Waals surface area contributed by atoms with Crippen LogP contribution in [0.3, 0.4) is 0 Å². The van der Waals surface area contributed by atoms with E-state index in [4.69, 9.17) is 16.8 Å². The molecule has 5 nitrogen and oxygen atoms in total. The minimum atomic E-state index is -0.151. The Morgan fingerprint density at radius 1 is 1.14 bits per heavy atom. The number of nitrogens with one attached hydrogen (secondary N) is 2. The zero-order valence-corrected chi connectivity index (χ0v) is 11.8. The minimum absolute atomic E-state index is 0.151. The number of carbonyl (C=O) groups excluding carboxylic acids is 1. The van der Waals surface area contributed by atoms with E-state index in [0.29, 0.717) is 17.1 Å². The highest BCUT2D eigenvalue weighted by Crippen LogP contribution is 2.09. The average Bonchev–Trinajstić information content (AvgIpc) is 2.52. The Morgan fingerprint density at radius 3 is 2.43 bits per heavy atom. The first-order valence-electron chi connectivity index (χ1n) is 6.24. The third kappa shape index (κ3) is 4.59. The van der Waals surface area contributed by atoms with Gasteiger partial charge in [-0.2, -0.15) is 10.7 Å². The molecule has 0 unspecified atom stereocenters. The molecule has 0 saturated heterocycles. The van der Waals surface area contributed by atoms with E-state index in [9.17, 15) is 4.79 Å². The maximum atomic E-state index is 11.9. The molecule has 0 radical (unpaired) electrons. The van der Waals surface area contributed by atoms with Crippen molar-refractivity contribution in [1.82, 2.24) is 10.9 Å². The Bertz CT molecular complexity index is 624. The van der Waals surface area contributed by atoms with Crippen molar-refractivity contribution in [1.29, 1.82) is 0 Å². The second-order valence-electron chi connectivity index (χ2n) is 4.29. The maximum absolute atomic E-state index is 11.9. The van der Waals surface area contributed by atoms with E-state index in [-0.39, 0.29) is 5.91 Å². The van der Waals surface area contributed by atoms with E-state index >= 15 is 0 Å². The summed E-state index contributed by atoms with van der Waals surface area (Å²) in [5.74, 6) is -0.151. The Balaban J connectivity index is 1.92. The monoisotopic (exact) mass is 303 g/mol. The van der Waals surface area contributed by atoms with Crippen LogP contribution in [-0.2, 0) is 6.54 Å². The van der Waals surface area contributed by atoms with Crippen molar-refractivity contribution in [2.75, 3.05) is 0 Å². The van der Waals surface area contributed by atoms with Crippen LogP contribution in [0.4, 0.5) is 0 Å². The van der Waals surface area contributed by atoms with E-state index in [1.807, 2.05) is 24.3 Å². The van der Waals surface area contributed by atoms with Crippen LogP contribution < -0.4 is 10.9 Å². The van der Waals surface area contributed by atoms with Crippen molar-refractivity contribution >= 4 is 23.7 Å². The van der Waals surface area contributed by atoms with Crippen molar-refractivity contribution in [2.24, 2.45) is 5.10 Å². The predicted octanol–water partition coefficient (Wildman–Crippen LogP) is 2.58. The first kappa shape index (κ1) is 15.0. The lowest BCUT2D eigenvalue weighted by molar-refractivity contribution is 0.0951. The van der Waals surface area contributed by atoms with Gasteiger partial charge >= 0.3 is 0 Å². The summed E-state index contributed by atoms with van der Waals surface area (Å²) in [5.41, 5.74) is 4.06. The smallest absolute Gasteiger partial charge is 0.251 e. The largest absolute Gasteiger partial charge is 0.348 e. The molecule has 0 spiro atoms. The summed E-state index contributed by atoms with van der Waals surface area (Å²) >= 11 is 5.78. The van der Waals surface area contributed by atoms with Gasteiger partial charge in [-0.25, -0.2) is 0 Å². The molecule has 0 aliphatic carbocycles. The van der Waals surface area contributed by atoms with Crippen molar-refractivity contribution in [2.45, 2.75) is 6.54 Å². The summed E-state index contributed by atoms with van der Waals surface area (Å²) < 4.78 is 0. The number of rotatable bonds is 5. The summed E-state index contributed by atoms with van der Waals surface area (Å²) in [4.78, 5) is 11.9. The van der Waals surface area contributed by atoms with Crippen LogP contribution in [0.2, 0.25) is 5.02 Å². The first-order chi connectivity index (χ1) is 10.2. The van der Waals surface area contributed by atoms with Gasteiger partial charge < -0.3 is 5.32 Å². The van der Waals surface area contributed by atoms with Crippen LogP contribution >= 0.6 is 11.6 Å². The fraction of sp³-hybridized carbons (Fsp3) is 0.0667. The molecule has 3 N–H and O–H groups in total. The highest BCUT2D eigenvalue weighted by Gasteiger charge is 2.04. The Labute approximate surface area is 127 Å². The molecule has 108 valence electrons. The standard InChI is InChI=1S/C15H14ClN3O2/c16-14-7-5-13(6-8-14)15(20)17-9-11-1-3-12(4-2-11)10-18-19-21/h1-8,10,19,21H,9H2,(H,17,20)/b18-10-. The SMILES string of the molecule is O=C(NCc1ccc(/C=N\NO)cc1)c1ccc(Cl)cc1. The van der Waals surface area contributed by atoms with Gasteiger partial charge in [0.05, 0.1) is 6.21 Å². The van der Waals surface area contributed by atoms with Crippen LogP contribution in [0, 0.1) is 0 Å². The number of hydrazone groups is 1. The average molecular weight is 304 g/mol. The molecule has 0 aliphatic rings. The predicted molar refractivity (Wildman–Crippen MR) is 81.6 cm³/mol. The lowest BCUT2D eigenvalue weighted by atomic mass is 10.1. The van der Waals surface area contributed by atoms with Crippen molar-refractivity contribution in [3.63, 3.8) is 0 Å². The van der Waals surface area contributed by atoms with Gasteiger partial charge in [-0.05, 0) is 35.4 Å². The molecule has 0 atom stereocenters. The number of hydrogen-bond acceptors (Lipinski definition) is 4. The number of hydrogen-bond donors (Lipinski definition) is 3. The molecule has 0 bridgehead atoms. The molecular formula is C15H14ClN3O2. The third-order valence-electron chi connectivity index (χ3n) is 2.81. The lowest BCUT2D eigenvalue weighted by Gasteiger charge is -2.06. The van der Waals surface area contributed by atoms with Crippen LogP contribution in [-0.4, -0.2) is 17.3 Å². The van der Waals surface area contributed by atoms with Gasteiger partial charge in [0.2, 0.25) is 0 Å². The second-order valence-corrected chi connectivity index (χ2v) is 4.73. The summed E-state index contributed by atoms with van der Waals surface area (Å²) in [6.07, 6.45) is 1.48. The molecule has 0 heterocycles. The van der Waals surface area contributed by atoms with Crippen molar-refractivity contribution < 1.29 is 10.0 Å². The summed E-state index contributed by atoms with van der Waals surface area (Å²) in [7, 11) is 0. The molecular weight excluding hydrogens is 290 g/mol. The van der Waals surface area contributed by atoms with Crippen LogP contribution in [0.25, 0.3) is 0 Å². The van der Waals surface area contributed by atoms with Crippen LogP contribution in [0.5, 0.6) is 0 Å². The van der Waals surface area contributed by atoms with Gasteiger partial charge in [0, 0.05) is 17.1 Å². The van der Waals surface area contributed by atoms with Gasteiger partial charge in [-0.3, -0.25) is 10.0 Å².